The van der Waals surface area contributed by atoms with Gasteiger partial charge in [0.05, 0.1) is 23.9 Å². The summed E-state index contributed by atoms with van der Waals surface area (Å²) in [7, 11) is 0. The molecule has 0 radical (unpaired) electrons. The van der Waals surface area contributed by atoms with Gasteiger partial charge in [-0.2, -0.15) is 0 Å². The van der Waals surface area contributed by atoms with E-state index in [1.54, 1.807) is 41.6 Å². The minimum Gasteiger partial charge on any atom is -0.478 e. The topological polar surface area (TPSA) is 94.9 Å². The molecule has 3 heterocycles. The fourth-order valence-electron chi connectivity index (χ4n) is 4.21. The van der Waals surface area contributed by atoms with E-state index in [1.165, 1.54) is 12.1 Å². The molecule has 2 aliphatic rings. The Labute approximate surface area is 195 Å². The molecule has 33 heavy (non-hydrogen) atoms. The fraction of sp³-hybridized carbons (Fsp3) is 0.120. The standard InChI is InChI=1S/C25H19ClN4O3/c26-18-7-3-15(4-8-18)21-20-22(29-13-12-28-21)24(31)30(23(20)17-2-1-11-27-14-17)19-9-5-16(6-10-19)25(32)33/h1-11,14,23,29H,12-13H2,(H,32,33). The average molecular weight is 459 g/mol. The highest BCUT2D eigenvalue weighted by atomic mass is 35.5. The molecule has 0 saturated heterocycles. The Balaban J connectivity index is 1.68. The maximum Gasteiger partial charge on any atom is 0.335 e. The molecule has 0 saturated carbocycles. The smallest absolute Gasteiger partial charge is 0.335 e. The number of carboxylic acids is 1. The number of carbonyl (C=O) groups excluding carboxylic acids is 1. The molecule has 164 valence electrons. The molecule has 1 amide bonds. The third-order valence-electron chi connectivity index (χ3n) is 5.68. The summed E-state index contributed by atoms with van der Waals surface area (Å²) in [5, 5.41) is 13.2. The Kier molecular flexibility index (Phi) is 5.40. The molecule has 0 aliphatic carbocycles. The second-order valence-electron chi connectivity index (χ2n) is 7.67. The zero-order valence-corrected chi connectivity index (χ0v) is 18.2. The van der Waals surface area contributed by atoms with Crippen molar-refractivity contribution >= 4 is 34.9 Å². The van der Waals surface area contributed by atoms with Gasteiger partial charge in [0.25, 0.3) is 5.91 Å². The Bertz CT molecular complexity index is 1290. The van der Waals surface area contributed by atoms with Crippen molar-refractivity contribution in [3.05, 3.63) is 106 Å². The molecule has 2 N–H and O–H groups in total. The average Bonchev–Trinajstić information content (AvgIpc) is 2.97. The summed E-state index contributed by atoms with van der Waals surface area (Å²) in [6, 6.07) is 16.9. The molecule has 1 aromatic heterocycles. The molecular weight excluding hydrogens is 440 g/mol. The zero-order chi connectivity index (χ0) is 22.9. The zero-order valence-electron chi connectivity index (χ0n) is 17.4. The number of carbonyl (C=O) groups is 2. The monoisotopic (exact) mass is 458 g/mol. The van der Waals surface area contributed by atoms with E-state index in [9.17, 15) is 14.7 Å². The van der Waals surface area contributed by atoms with Gasteiger partial charge in [-0.3, -0.25) is 19.7 Å². The number of nitrogens with zero attached hydrogens (tertiary/aromatic N) is 3. The highest BCUT2D eigenvalue weighted by Gasteiger charge is 2.44. The molecule has 5 rings (SSSR count). The predicted molar refractivity (Wildman–Crippen MR) is 126 cm³/mol. The van der Waals surface area contributed by atoms with Gasteiger partial charge in [-0.15, -0.1) is 0 Å². The molecule has 0 fully saturated rings. The van der Waals surface area contributed by atoms with Crippen LogP contribution in [0.3, 0.4) is 0 Å². The van der Waals surface area contributed by atoms with Gasteiger partial charge >= 0.3 is 5.97 Å². The third-order valence-corrected chi connectivity index (χ3v) is 5.93. The van der Waals surface area contributed by atoms with Crippen LogP contribution in [-0.4, -0.2) is 40.8 Å². The molecule has 1 atom stereocenters. The molecule has 0 bridgehead atoms. The van der Waals surface area contributed by atoms with Crippen LogP contribution in [0.5, 0.6) is 0 Å². The number of amides is 1. The van der Waals surface area contributed by atoms with Crippen molar-refractivity contribution in [3.63, 3.8) is 0 Å². The quantitative estimate of drug-likeness (QED) is 0.619. The van der Waals surface area contributed by atoms with E-state index < -0.39 is 12.0 Å². The Morgan fingerprint density at radius 3 is 2.52 bits per heavy atom. The van der Waals surface area contributed by atoms with E-state index in [0.717, 1.165) is 22.4 Å². The van der Waals surface area contributed by atoms with E-state index in [4.69, 9.17) is 16.6 Å². The summed E-state index contributed by atoms with van der Waals surface area (Å²) in [5.74, 6) is -1.23. The van der Waals surface area contributed by atoms with Gasteiger partial charge in [0, 0.05) is 40.8 Å². The number of halogens is 1. The van der Waals surface area contributed by atoms with E-state index in [1.807, 2.05) is 24.3 Å². The first-order chi connectivity index (χ1) is 16.0. The SMILES string of the molecule is O=C(O)c1ccc(N2C(=O)C3=C(C(c4ccc(Cl)cc4)=NCCN3)C2c2cccnc2)cc1. The lowest BCUT2D eigenvalue weighted by Gasteiger charge is -2.28. The van der Waals surface area contributed by atoms with Crippen LogP contribution in [0.4, 0.5) is 5.69 Å². The maximum absolute atomic E-state index is 13.7. The van der Waals surface area contributed by atoms with Crippen molar-refractivity contribution in [3.8, 4) is 0 Å². The highest BCUT2D eigenvalue weighted by Crippen LogP contribution is 2.42. The minimum absolute atomic E-state index is 0.152. The summed E-state index contributed by atoms with van der Waals surface area (Å²) >= 11 is 6.10. The van der Waals surface area contributed by atoms with Crippen molar-refractivity contribution in [1.29, 1.82) is 0 Å². The lowest BCUT2D eigenvalue weighted by atomic mass is 9.92. The molecule has 0 spiro atoms. The Morgan fingerprint density at radius 1 is 1.09 bits per heavy atom. The Hall–Kier alpha value is -3.97. The number of hydrogen-bond acceptors (Lipinski definition) is 5. The summed E-state index contributed by atoms with van der Waals surface area (Å²) < 4.78 is 0. The lowest BCUT2D eigenvalue weighted by molar-refractivity contribution is -0.115. The van der Waals surface area contributed by atoms with E-state index in [0.29, 0.717) is 29.5 Å². The second kappa shape index (κ2) is 8.52. The van der Waals surface area contributed by atoms with Crippen LogP contribution < -0.4 is 10.2 Å². The second-order valence-corrected chi connectivity index (χ2v) is 8.11. The number of hydrogen-bond donors (Lipinski definition) is 2. The summed E-state index contributed by atoms with van der Waals surface area (Å²) in [4.78, 5) is 35.8. The lowest BCUT2D eigenvalue weighted by Crippen LogP contribution is -2.33. The highest BCUT2D eigenvalue weighted by molar-refractivity contribution is 6.31. The molecule has 2 aromatic carbocycles. The fourth-order valence-corrected chi connectivity index (χ4v) is 4.34. The first-order valence-corrected chi connectivity index (χ1v) is 10.8. The van der Waals surface area contributed by atoms with Crippen LogP contribution >= 0.6 is 11.6 Å². The van der Waals surface area contributed by atoms with Crippen LogP contribution in [0.25, 0.3) is 0 Å². The van der Waals surface area contributed by atoms with E-state index in [-0.39, 0.29) is 11.5 Å². The number of benzene rings is 2. The van der Waals surface area contributed by atoms with Gasteiger partial charge in [-0.05, 0) is 48.0 Å². The number of carboxylic acid groups (broad SMARTS) is 1. The van der Waals surface area contributed by atoms with Gasteiger partial charge < -0.3 is 10.4 Å². The first-order valence-electron chi connectivity index (χ1n) is 10.4. The number of aromatic carboxylic acids is 1. The molecule has 8 heteroatoms. The largest absolute Gasteiger partial charge is 0.478 e. The summed E-state index contributed by atoms with van der Waals surface area (Å²) in [6.07, 6.45) is 3.41. The number of rotatable bonds is 4. The van der Waals surface area contributed by atoms with Gasteiger partial charge in [0.15, 0.2) is 0 Å². The normalized spacial score (nSPS) is 17.8. The van der Waals surface area contributed by atoms with Crippen LogP contribution in [0.1, 0.15) is 27.5 Å². The van der Waals surface area contributed by atoms with Crippen molar-refractivity contribution in [2.45, 2.75) is 6.04 Å². The Morgan fingerprint density at radius 2 is 1.85 bits per heavy atom. The van der Waals surface area contributed by atoms with Crippen LogP contribution in [0.2, 0.25) is 5.02 Å². The van der Waals surface area contributed by atoms with Crippen molar-refractivity contribution < 1.29 is 14.7 Å². The van der Waals surface area contributed by atoms with Crippen LogP contribution in [-0.2, 0) is 4.79 Å². The molecular formula is C25H19ClN4O3. The minimum atomic E-state index is -1.02. The van der Waals surface area contributed by atoms with Crippen molar-refractivity contribution in [2.24, 2.45) is 4.99 Å². The first kappa shape index (κ1) is 20.9. The van der Waals surface area contributed by atoms with Gasteiger partial charge in [0.2, 0.25) is 0 Å². The molecule has 3 aromatic rings. The maximum atomic E-state index is 13.7. The number of pyridine rings is 1. The van der Waals surface area contributed by atoms with Gasteiger partial charge in [-0.1, -0.05) is 29.8 Å². The van der Waals surface area contributed by atoms with Gasteiger partial charge in [-0.25, -0.2) is 4.79 Å². The summed E-state index contributed by atoms with van der Waals surface area (Å²) in [6.45, 7) is 1.04. The number of anilines is 1. The number of aromatic nitrogens is 1. The van der Waals surface area contributed by atoms with Crippen LogP contribution in [0, 0.1) is 0 Å². The van der Waals surface area contributed by atoms with Crippen molar-refractivity contribution in [1.82, 2.24) is 10.3 Å². The van der Waals surface area contributed by atoms with Crippen LogP contribution in [0.15, 0.2) is 89.3 Å². The van der Waals surface area contributed by atoms with E-state index in [2.05, 4.69) is 10.3 Å². The third kappa shape index (κ3) is 3.76. The predicted octanol–water partition coefficient (Wildman–Crippen LogP) is 3.87. The number of aliphatic imine (C=N–C) groups is 1. The van der Waals surface area contributed by atoms with Gasteiger partial charge in [0.1, 0.15) is 5.70 Å². The molecule has 7 nitrogen and oxygen atoms in total. The summed E-state index contributed by atoms with van der Waals surface area (Å²) in [5.41, 5.74) is 4.39. The van der Waals surface area contributed by atoms with Crippen molar-refractivity contribution in [2.75, 3.05) is 18.0 Å². The van der Waals surface area contributed by atoms with E-state index >= 15 is 0 Å². The number of nitrogens with one attached hydrogen (secondary N) is 1. The molecule has 2 aliphatic heterocycles. The molecule has 1 unspecified atom stereocenters.